The van der Waals surface area contributed by atoms with Crippen molar-refractivity contribution >= 4 is 17.2 Å². The number of aromatic nitrogens is 1. The molecule has 2 heterocycles. The molecule has 112 valence electrons. The summed E-state index contributed by atoms with van der Waals surface area (Å²) in [5.74, 6) is -0.255. The highest BCUT2D eigenvalue weighted by Crippen LogP contribution is 2.22. The van der Waals surface area contributed by atoms with Crippen LogP contribution in [0.5, 0.6) is 0 Å². The first-order valence-electron chi connectivity index (χ1n) is 6.69. The Labute approximate surface area is 126 Å². The molecule has 0 aromatic carbocycles. The first-order valence-corrected chi connectivity index (χ1v) is 7.57. The van der Waals surface area contributed by atoms with E-state index >= 15 is 0 Å². The number of aliphatic hydroxyl groups excluding tert-OH is 1. The van der Waals surface area contributed by atoms with Crippen LogP contribution in [0.2, 0.25) is 0 Å². The molecule has 0 bridgehead atoms. The van der Waals surface area contributed by atoms with E-state index in [1.165, 1.54) is 23.5 Å². The van der Waals surface area contributed by atoms with Crippen LogP contribution >= 0.6 is 11.3 Å². The second-order valence-electron chi connectivity index (χ2n) is 5.00. The predicted molar refractivity (Wildman–Crippen MR) is 82.6 cm³/mol. The SMILES string of the molecule is Cc1[nH]c(=O)ccc1C(=O)N[C@H](C)C[C@@H](O)c1cccs1. The third kappa shape index (κ3) is 4.03. The largest absolute Gasteiger partial charge is 0.387 e. The fraction of sp³-hybridized carbons (Fsp3) is 0.333. The van der Waals surface area contributed by atoms with E-state index in [-0.39, 0.29) is 17.5 Å². The van der Waals surface area contributed by atoms with Crippen LogP contribution < -0.4 is 10.9 Å². The van der Waals surface area contributed by atoms with Gasteiger partial charge in [0.15, 0.2) is 0 Å². The topological polar surface area (TPSA) is 82.2 Å². The van der Waals surface area contributed by atoms with Crippen LogP contribution in [0.25, 0.3) is 0 Å². The molecule has 0 saturated carbocycles. The van der Waals surface area contributed by atoms with E-state index in [9.17, 15) is 14.7 Å². The highest BCUT2D eigenvalue weighted by Gasteiger charge is 2.17. The number of hydrogen-bond acceptors (Lipinski definition) is 4. The van der Waals surface area contributed by atoms with Crippen molar-refractivity contribution in [2.24, 2.45) is 0 Å². The Morgan fingerprint density at radius 1 is 1.43 bits per heavy atom. The number of carbonyl (C=O) groups excluding carboxylic acids is 1. The number of pyridine rings is 1. The number of aliphatic hydroxyl groups is 1. The molecular weight excluding hydrogens is 288 g/mol. The minimum absolute atomic E-state index is 0.180. The third-order valence-corrected chi connectivity index (χ3v) is 4.16. The minimum Gasteiger partial charge on any atom is -0.387 e. The lowest BCUT2D eigenvalue weighted by Gasteiger charge is -2.17. The first-order chi connectivity index (χ1) is 9.97. The Hall–Kier alpha value is -1.92. The molecule has 2 aromatic rings. The van der Waals surface area contributed by atoms with Gasteiger partial charge in [-0.1, -0.05) is 6.07 Å². The van der Waals surface area contributed by atoms with Crippen molar-refractivity contribution in [2.75, 3.05) is 0 Å². The summed E-state index contributed by atoms with van der Waals surface area (Å²) in [6, 6.07) is 6.41. The summed E-state index contributed by atoms with van der Waals surface area (Å²) in [6.45, 7) is 3.53. The normalized spacial score (nSPS) is 13.7. The van der Waals surface area contributed by atoms with E-state index in [1.54, 1.807) is 6.92 Å². The summed E-state index contributed by atoms with van der Waals surface area (Å²) in [5.41, 5.74) is 0.739. The zero-order valence-electron chi connectivity index (χ0n) is 11.9. The molecule has 5 nitrogen and oxygen atoms in total. The van der Waals surface area contributed by atoms with Crippen molar-refractivity contribution in [3.63, 3.8) is 0 Å². The third-order valence-electron chi connectivity index (χ3n) is 3.19. The Bertz CT molecular complexity index is 664. The summed E-state index contributed by atoms with van der Waals surface area (Å²) in [7, 11) is 0. The fourth-order valence-corrected chi connectivity index (χ4v) is 2.84. The molecule has 21 heavy (non-hydrogen) atoms. The highest BCUT2D eigenvalue weighted by atomic mass is 32.1. The quantitative estimate of drug-likeness (QED) is 0.790. The number of aryl methyl sites for hydroxylation is 1. The van der Waals surface area contributed by atoms with Gasteiger partial charge in [-0.2, -0.15) is 0 Å². The fourth-order valence-electron chi connectivity index (χ4n) is 2.12. The lowest BCUT2D eigenvalue weighted by atomic mass is 10.1. The summed E-state index contributed by atoms with van der Waals surface area (Å²) in [5, 5.41) is 14.8. The Balaban J connectivity index is 1.97. The second kappa shape index (κ2) is 6.69. The predicted octanol–water partition coefficient (Wildman–Crippen LogP) is 1.99. The van der Waals surface area contributed by atoms with Crippen LogP contribution in [0.3, 0.4) is 0 Å². The van der Waals surface area contributed by atoms with Crippen molar-refractivity contribution in [2.45, 2.75) is 32.4 Å². The summed E-state index contributed by atoms with van der Waals surface area (Å²) in [6.07, 6.45) is -0.147. The van der Waals surface area contributed by atoms with Crippen LogP contribution in [0.1, 0.15) is 40.4 Å². The zero-order chi connectivity index (χ0) is 15.4. The van der Waals surface area contributed by atoms with Crippen molar-refractivity contribution in [1.29, 1.82) is 0 Å². The standard InChI is InChI=1S/C15H18N2O3S/c1-9(8-12(18)13-4-3-7-21-13)16-15(20)11-5-6-14(19)17-10(11)2/h3-7,9,12,18H,8H2,1-2H3,(H,16,20)(H,17,19)/t9-,12-/m1/s1. The van der Waals surface area contributed by atoms with Crippen molar-refractivity contribution in [1.82, 2.24) is 10.3 Å². The van der Waals surface area contributed by atoms with Crippen LogP contribution in [0, 0.1) is 6.92 Å². The average Bonchev–Trinajstić information content (AvgIpc) is 2.91. The highest BCUT2D eigenvalue weighted by molar-refractivity contribution is 7.10. The van der Waals surface area contributed by atoms with Crippen molar-refractivity contribution in [3.8, 4) is 0 Å². The van der Waals surface area contributed by atoms with Gasteiger partial charge in [0.2, 0.25) is 5.56 Å². The molecule has 0 spiro atoms. The first kappa shape index (κ1) is 15.5. The molecule has 0 unspecified atom stereocenters. The van der Waals surface area contributed by atoms with Gasteiger partial charge in [0.1, 0.15) is 0 Å². The van der Waals surface area contributed by atoms with Gasteiger partial charge >= 0.3 is 0 Å². The monoisotopic (exact) mass is 306 g/mol. The Morgan fingerprint density at radius 2 is 2.19 bits per heavy atom. The zero-order valence-corrected chi connectivity index (χ0v) is 12.7. The van der Waals surface area contributed by atoms with Crippen molar-refractivity contribution < 1.29 is 9.90 Å². The smallest absolute Gasteiger partial charge is 0.253 e. The molecule has 2 atom stereocenters. The number of carbonyl (C=O) groups is 1. The second-order valence-corrected chi connectivity index (χ2v) is 5.98. The van der Waals surface area contributed by atoms with E-state index in [1.807, 2.05) is 24.4 Å². The summed E-state index contributed by atoms with van der Waals surface area (Å²) in [4.78, 5) is 26.8. The van der Waals surface area contributed by atoms with E-state index in [0.29, 0.717) is 17.7 Å². The Morgan fingerprint density at radius 3 is 2.81 bits per heavy atom. The molecule has 2 rings (SSSR count). The number of amides is 1. The molecule has 3 N–H and O–H groups in total. The van der Waals surface area contributed by atoms with Gasteiger partial charge in [0, 0.05) is 22.7 Å². The maximum absolute atomic E-state index is 12.1. The van der Waals surface area contributed by atoms with Crippen LogP contribution in [0.4, 0.5) is 0 Å². The molecule has 0 radical (unpaired) electrons. The van der Waals surface area contributed by atoms with Gasteiger partial charge in [0.05, 0.1) is 11.7 Å². The summed E-state index contributed by atoms with van der Waals surface area (Å²) >= 11 is 1.49. The van der Waals surface area contributed by atoms with Crippen LogP contribution in [-0.2, 0) is 0 Å². The van der Waals surface area contributed by atoms with E-state index < -0.39 is 6.10 Å². The molecule has 0 aliphatic carbocycles. The van der Waals surface area contributed by atoms with Crippen molar-refractivity contribution in [3.05, 3.63) is 56.1 Å². The van der Waals surface area contributed by atoms with E-state index in [4.69, 9.17) is 0 Å². The lowest BCUT2D eigenvalue weighted by Crippen LogP contribution is -2.34. The van der Waals surface area contributed by atoms with E-state index in [0.717, 1.165) is 4.88 Å². The lowest BCUT2D eigenvalue weighted by molar-refractivity contribution is 0.0917. The van der Waals surface area contributed by atoms with Gasteiger partial charge < -0.3 is 15.4 Å². The molecule has 0 fully saturated rings. The maximum atomic E-state index is 12.1. The number of H-pyrrole nitrogens is 1. The van der Waals surface area contributed by atoms with Crippen LogP contribution in [0.15, 0.2) is 34.4 Å². The maximum Gasteiger partial charge on any atom is 0.253 e. The molecule has 6 heteroatoms. The molecule has 0 aliphatic heterocycles. The number of hydrogen-bond donors (Lipinski definition) is 3. The van der Waals surface area contributed by atoms with Gasteiger partial charge in [-0.3, -0.25) is 9.59 Å². The number of rotatable bonds is 5. The van der Waals surface area contributed by atoms with Gasteiger partial charge in [-0.25, -0.2) is 0 Å². The van der Waals surface area contributed by atoms with E-state index in [2.05, 4.69) is 10.3 Å². The number of nitrogens with one attached hydrogen (secondary N) is 2. The van der Waals surface area contributed by atoms with Gasteiger partial charge in [-0.15, -0.1) is 11.3 Å². The molecule has 2 aromatic heterocycles. The molecule has 0 saturated heterocycles. The molecule has 0 aliphatic rings. The number of aromatic amines is 1. The molecule has 1 amide bonds. The average molecular weight is 306 g/mol. The van der Waals surface area contributed by atoms with Gasteiger partial charge in [-0.05, 0) is 37.8 Å². The van der Waals surface area contributed by atoms with Crippen LogP contribution in [-0.4, -0.2) is 22.0 Å². The van der Waals surface area contributed by atoms with Gasteiger partial charge in [0.25, 0.3) is 5.91 Å². The number of thiophene rings is 1. The Kier molecular flexibility index (Phi) is 4.93. The minimum atomic E-state index is -0.586. The summed E-state index contributed by atoms with van der Waals surface area (Å²) < 4.78 is 0. The molecular formula is C15H18N2O3S.